The lowest BCUT2D eigenvalue weighted by atomic mass is 10.0. The maximum atomic E-state index is 13.0. The molecule has 7 nitrogen and oxygen atoms in total. The number of carbonyl (C=O) groups excluding carboxylic acids is 2. The van der Waals surface area contributed by atoms with Gasteiger partial charge in [-0.1, -0.05) is 0 Å². The van der Waals surface area contributed by atoms with Crippen molar-refractivity contribution >= 4 is 11.8 Å². The van der Waals surface area contributed by atoms with Crippen LogP contribution >= 0.6 is 0 Å². The van der Waals surface area contributed by atoms with Crippen LogP contribution in [-0.4, -0.2) is 68.2 Å². The van der Waals surface area contributed by atoms with E-state index < -0.39 is 0 Å². The average molecular weight is 421 g/mol. The van der Waals surface area contributed by atoms with Crippen molar-refractivity contribution in [1.82, 2.24) is 10.2 Å². The molecule has 2 amide bonds. The standard InChI is InChI=1S/C23H37N3O4/c1-18-7-3-4-12-25(18)13-6-11-24-22(27)9-14-26(17-20-8-5-15-30-20)23(28)21-10-16-29-19(21)2/h10,16,18,20H,3-9,11-15,17H2,1-2H3,(H,24,27)/p+1/t18-,20-/m0/s1. The second-order valence-electron chi connectivity index (χ2n) is 8.79. The molecule has 0 saturated carbocycles. The average Bonchev–Trinajstić information content (AvgIpc) is 3.40. The molecule has 2 fully saturated rings. The Kier molecular flexibility index (Phi) is 8.75. The van der Waals surface area contributed by atoms with Gasteiger partial charge >= 0.3 is 0 Å². The highest BCUT2D eigenvalue weighted by Gasteiger charge is 2.26. The quantitative estimate of drug-likeness (QED) is 0.564. The largest absolute Gasteiger partial charge is 0.469 e. The third kappa shape index (κ3) is 6.57. The van der Waals surface area contributed by atoms with E-state index in [-0.39, 0.29) is 17.9 Å². The second-order valence-corrected chi connectivity index (χ2v) is 8.79. The summed E-state index contributed by atoms with van der Waals surface area (Å²) in [5, 5.41) is 3.03. The van der Waals surface area contributed by atoms with Gasteiger partial charge in [0.1, 0.15) is 5.76 Å². The predicted octanol–water partition coefficient (Wildman–Crippen LogP) is 1.56. The molecule has 3 heterocycles. The Balaban J connectivity index is 1.42. The number of hydrogen-bond donors (Lipinski definition) is 2. The molecule has 168 valence electrons. The van der Waals surface area contributed by atoms with Crippen LogP contribution in [0.1, 0.15) is 68.0 Å². The summed E-state index contributed by atoms with van der Waals surface area (Å²) in [6.07, 6.45) is 8.85. The molecule has 0 radical (unpaired) electrons. The molecule has 30 heavy (non-hydrogen) atoms. The lowest BCUT2D eigenvalue weighted by Gasteiger charge is -2.30. The van der Waals surface area contributed by atoms with E-state index in [9.17, 15) is 9.59 Å². The van der Waals surface area contributed by atoms with Crippen molar-refractivity contribution in [1.29, 1.82) is 0 Å². The van der Waals surface area contributed by atoms with Crippen LogP contribution in [-0.2, 0) is 9.53 Å². The van der Waals surface area contributed by atoms with Gasteiger partial charge in [-0.2, -0.15) is 0 Å². The van der Waals surface area contributed by atoms with Crippen LogP contribution in [0.5, 0.6) is 0 Å². The first-order valence-corrected chi connectivity index (χ1v) is 11.6. The van der Waals surface area contributed by atoms with Crippen molar-refractivity contribution in [3.8, 4) is 0 Å². The molecule has 3 rings (SSSR count). The van der Waals surface area contributed by atoms with E-state index in [0.717, 1.165) is 38.5 Å². The zero-order valence-corrected chi connectivity index (χ0v) is 18.6. The van der Waals surface area contributed by atoms with Gasteiger partial charge in [-0.25, -0.2) is 0 Å². The van der Waals surface area contributed by atoms with Crippen molar-refractivity contribution in [2.75, 3.05) is 39.3 Å². The molecular weight excluding hydrogens is 382 g/mol. The number of furan rings is 1. The minimum Gasteiger partial charge on any atom is -0.469 e. The van der Waals surface area contributed by atoms with Crippen molar-refractivity contribution in [2.24, 2.45) is 0 Å². The van der Waals surface area contributed by atoms with Gasteiger partial charge in [0.15, 0.2) is 0 Å². The first kappa shape index (κ1) is 22.8. The fraction of sp³-hybridized carbons (Fsp3) is 0.739. The third-order valence-electron chi connectivity index (χ3n) is 6.51. The first-order valence-electron chi connectivity index (χ1n) is 11.6. The smallest absolute Gasteiger partial charge is 0.257 e. The van der Waals surface area contributed by atoms with E-state index in [4.69, 9.17) is 9.15 Å². The molecule has 2 aliphatic heterocycles. The molecular formula is C23H38N3O4+. The number of ether oxygens (including phenoxy) is 1. The Morgan fingerprint density at radius 2 is 2.13 bits per heavy atom. The summed E-state index contributed by atoms with van der Waals surface area (Å²) in [5.41, 5.74) is 0.562. The molecule has 1 unspecified atom stereocenters. The van der Waals surface area contributed by atoms with Gasteiger partial charge < -0.3 is 24.3 Å². The Morgan fingerprint density at radius 1 is 1.27 bits per heavy atom. The number of carbonyl (C=O) groups is 2. The molecule has 0 aliphatic carbocycles. The summed E-state index contributed by atoms with van der Waals surface area (Å²) in [5.74, 6) is 0.522. The van der Waals surface area contributed by atoms with E-state index in [2.05, 4.69) is 12.2 Å². The maximum absolute atomic E-state index is 13.0. The molecule has 3 atom stereocenters. The number of piperidine rings is 1. The van der Waals surface area contributed by atoms with E-state index in [0.29, 0.717) is 37.4 Å². The fourth-order valence-electron chi connectivity index (χ4n) is 4.58. The monoisotopic (exact) mass is 420 g/mol. The van der Waals surface area contributed by atoms with Gasteiger partial charge in [0, 0.05) is 39.1 Å². The molecule has 2 aliphatic rings. The Morgan fingerprint density at radius 3 is 2.83 bits per heavy atom. The van der Waals surface area contributed by atoms with Gasteiger partial charge in [0.2, 0.25) is 5.91 Å². The highest BCUT2D eigenvalue weighted by atomic mass is 16.5. The Hall–Kier alpha value is -1.86. The van der Waals surface area contributed by atoms with Crippen LogP contribution < -0.4 is 10.2 Å². The second kappa shape index (κ2) is 11.5. The van der Waals surface area contributed by atoms with E-state index in [1.807, 2.05) is 0 Å². The van der Waals surface area contributed by atoms with Crippen molar-refractivity contribution in [3.63, 3.8) is 0 Å². The SMILES string of the molecule is Cc1occc1C(=O)N(CCC(=O)NCCC[NH+]1CCCC[C@@H]1C)C[C@@H]1CCCO1. The van der Waals surface area contributed by atoms with Gasteiger partial charge in [0.25, 0.3) is 5.91 Å². The van der Waals surface area contributed by atoms with Crippen molar-refractivity contribution in [3.05, 3.63) is 23.7 Å². The Bertz CT molecular complexity index is 684. The summed E-state index contributed by atoms with van der Waals surface area (Å²) in [6.45, 7) is 8.85. The lowest BCUT2D eigenvalue weighted by Crippen LogP contribution is -3.16. The highest BCUT2D eigenvalue weighted by molar-refractivity contribution is 5.95. The van der Waals surface area contributed by atoms with Crippen molar-refractivity contribution < 1.29 is 23.6 Å². The molecule has 1 aromatic rings. The third-order valence-corrected chi connectivity index (χ3v) is 6.51. The number of rotatable bonds is 10. The van der Waals surface area contributed by atoms with Crippen molar-refractivity contribution in [2.45, 2.75) is 70.9 Å². The Labute approximate surface area is 180 Å². The summed E-state index contributed by atoms with van der Waals surface area (Å²) in [4.78, 5) is 28.7. The van der Waals surface area contributed by atoms with E-state index in [1.54, 1.807) is 22.8 Å². The van der Waals surface area contributed by atoms with Crippen LogP contribution in [0.4, 0.5) is 0 Å². The minimum atomic E-state index is -0.0905. The zero-order valence-electron chi connectivity index (χ0n) is 18.6. The van der Waals surface area contributed by atoms with Gasteiger partial charge in [-0.15, -0.1) is 0 Å². The number of nitrogens with zero attached hydrogens (tertiary/aromatic N) is 1. The molecule has 7 heteroatoms. The zero-order chi connectivity index (χ0) is 21.3. The summed E-state index contributed by atoms with van der Waals surface area (Å²) in [7, 11) is 0. The molecule has 2 saturated heterocycles. The number of nitrogens with one attached hydrogen (secondary N) is 2. The fourth-order valence-corrected chi connectivity index (χ4v) is 4.58. The van der Waals surface area contributed by atoms with Gasteiger partial charge in [0.05, 0.1) is 37.1 Å². The first-order chi connectivity index (χ1) is 14.5. The maximum Gasteiger partial charge on any atom is 0.257 e. The number of amides is 2. The number of quaternary nitrogens is 1. The molecule has 0 aromatic carbocycles. The van der Waals surface area contributed by atoms with Crippen LogP contribution in [0.2, 0.25) is 0 Å². The van der Waals surface area contributed by atoms with Gasteiger partial charge in [-0.05, 0) is 52.0 Å². The van der Waals surface area contributed by atoms with Crippen LogP contribution in [0.15, 0.2) is 16.7 Å². The summed E-state index contributed by atoms with van der Waals surface area (Å²) in [6, 6.07) is 2.43. The molecule has 2 N–H and O–H groups in total. The van der Waals surface area contributed by atoms with E-state index in [1.165, 1.54) is 32.1 Å². The highest BCUT2D eigenvalue weighted by Crippen LogP contribution is 2.17. The van der Waals surface area contributed by atoms with Crippen LogP contribution in [0, 0.1) is 6.92 Å². The number of aryl methyl sites for hydroxylation is 1. The molecule has 1 aromatic heterocycles. The van der Waals surface area contributed by atoms with Gasteiger partial charge in [-0.3, -0.25) is 9.59 Å². The lowest BCUT2D eigenvalue weighted by molar-refractivity contribution is -0.928. The van der Waals surface area contributed by atoms with Crippen LogP contribution in [0.25, 0.3) is 0 Å². The number of likely N-dealkylation sites (tertiary alicyclic amines) is 1. The molecule has 0 bridgehead atoms. The summed E-state index contributed by atoms with van der Waals surface area (Å²) < 4.78 is 11.0. The molecule has 0 spiro atoms. The van der Waals surface area contributed by atoms with E-state index >= 15 is 0 Å². The topological polar surface area (TPSA) is 76.2 Å². The number of hydrogen-bond acceptors (Lipinski definition) is 4. The minimum absolute atomic E-state index is 0.00532. The normalized spacial score (nSPS) is 24.0. The van der Waals surface area contributed by atoms with Crippen LogP contribution in [0.3, 0.4) is 0 Å². The predicted molar refractivity (Wildman–Crippen MR) is 115 cm³/mol. The summed E-state index contributed by atoms with van der Waals surface area (Å²) >= 11 is 0.